The minimum atomic E-state index is 0.634. The highest BCUT2D eigenvalue weighted by Gasteiger charge is 2.25. The normalized spacial score (nSPS) is 20.7. The molecule has 5 heteroatoms. The van der Waals surface area contributed by atoms with Crippen molar-refractivity contribution >= 4 is 11.3 Å². The molecule has 0 spiro atoms. The molecule has 2 aromatic rings. The molecule has 19 heavy (non-hydrogen) atoms. The minimum absolute atomic E-state index is 0.634. The molecule has 3 heterocycles. The lowest BCUT2D eigenvalue weighted by atomic mass is 10.1. The third-order valence-corrected chi connectivity index (χ3v) is 3.96. The molecule has 0 saturated carbocycles. The topological polar surface area (TPSA) is 59.5 Å². The van der Waals surface area contributed by atoms with Crippen molar-refractivity contribution in [1.82, 2.24) is 19.5 Å². The van der Waals surface area contributed by atoms with Crippen LogP contribution in [0, 0.1) is 5.92 Å². The predicted molar refractivity (Wildman–Crippen MR) is 75.9 cm³/mol. The van der Waals surface area contributed by atoms with Crippen molar-refractivity contribution in [2.45, 2.75) is 32.7 Å². The van der Waals surface area contributed by atoms with Gasteiger partial charge in [0.25, 0.3) is 0 Å². The maximum atomic E-state index is 5.91. The molecule has 5 nitrogen and oxygen atoms in total. The number of nitrogens with zero attached hydrogens (tertiary/aromatic N) is 4. The Hall–Kier alpha value is -1.62. The zero-order valence-electron chi connectivity index (χ0n) is 11.6. The molecule has 2 aromatic heterocycles. The van der Waals surface area contributed by atoms with Gasteiger partial charge in [0, 0.05) is 25.2 Å². The summed E-state index contributed by atoms with van der Waals surface area (Å²) in [5.74, 6) is 1.58. The lowest BCUT2D eigenvalue weighted by Crippen LogP contribution is -2.28. The molecular formula is C14H21N5. The van der Waals surface area contributed by atoms with Gasteiger partial charge in [0.1, 0.15) is 0 Å². The zero-order valence-corrected chi connectivity index (χ0v) is 11.6. The van der Waals surface area contributed by atoms with E-state index in [-0.39, 0.29) is 0 Å². The van der Waals surface area contributed by atoms with Gasteiger partial charge in [0.05, 0.1) is 5.69 Å². The second-order valence-corrected chi connectivity index (χ2v) is 5.71. The largest absolute Gasteiger partial charge is 0.396 e. The van der Waals surface area contributed by atoms with Crippen LogP contribution in [0.5, 0.6) is 0 Å². The number of nitrogen functional groups attached to an aromatic ring is 1. The van der Waals surface area contributed by atoms with Gasteiger partial charge in [-0.25, -0.2) is 9.50 Å². The van der Waals surface area contributed by atoms with E-state index < -0.39 is 0 Å². The molecule has 1 fully saturated rings. The highest BCUT2D eigenvalue weighted by atomic mass is 15.3. The van der Waals surface area contributed by atoms with Crippen LogP contribution < -0.4 is 5.73 Å². The van der Waals surface area contributed by atoms with E-state index in [0.29, 0.717) is 17.6 Å². The van der Waals surface area contributed by atoms with Gasteiger partial charge in [-0.15, -0.1) is 0 Å². The maximum absolute atomic E-state index is 5.91. The van der Waals surface area contributed by atoms with Gasteiger partial charge in [0.15, 0.2) is 11.5 Å². The number of likely N-dealkylation sites (tertiary alicyclic amines) is 1. The van der Waals surface area contributed by atoms with E-state index in [1.165, 1.54) is 13.0 Å². The van der Waals surface area contributed by atoms with Crippen LogP contribution >= 0.6 is 0 Å². The number of hydrogen-bond acceptors (Lipinski definition) is 4. The van der Waals surface area contributed by atoms with Crippen molar-refractivity contribution in [2.24, 2.45) is 5.92 Å². The molecule has 3 rings (SSSR count). The van der Waals surface area contributed by atoms with Crippen LogP contribution in [-0.2, 0) is 6.42 Å². The van der Waals surface area contributed by atoms with Gasteiger partial charge < -0.3 is 10.6 Å². The Bertz CT molecular complexity index is 574. The molecule has 1 aliphatic rings. The van der Waals surface area contributed by atoms with E-state index in [1.54, 1.807) is 4.52 Å². The summed E-state index contributed by atoms with van der Waals surface area (Å²) in [4.78, 5) is 7.08. The first kappa shape index (κ1) is 12.4. The minimum Gasteiger partial charge on any atom is -0.396 e. The fourth-order valence-electron chi connectivity index (χ4n) is 2.81. The maximum Gasteiger partial charge on any atom is 0.178 e. The number of fused-ring (bicyclic) bond motifs is 1. The molecule has 0 amide bonds. The monoisotopic (exact) mass is 259 g/mol. The Kier molecular flexibility index (Phi) is 3.14. The summed E-state index contributed by atoms with van der Waals surface area (Å²) >= 11 is 0. The highest BCUT2D eigenvalue weighted by Crippen LogP contribution is 2.22. The van der Waals surface area contributed by atoms with Gasteiger partial charge in [-0.2, -0.15) is 5.10 Å². The summed E-state index contributed by atoms with van der Waals surface area (Å²) in [6, 6.07) is 4.40. The van der Waals surface area contributed by atoms with E-state index in [1.807, 2.05) is 18.3 Å². The number of hydrogen-bond donors (Lipinski definition) is 1. The quantitative estimate of drug-likeness (QED) is 0.909. The number of rotatable bonds is 3. The standard InChI is InChI=1S/C14H21N5/c1-10(2)18-7-5-11(9-18)8-13-16-14-12(15)4-3-6-19(14)17-13/h3-4,6,10-11H,5,7-9,15H2,1-2H3. The van der Waals surface area contributed by atoms with Gasteiger partial charge in [-0.1, -0.05) is 0 Å². The van der Waals surface area contributed by atoms with E-state index in [0.717, 1.165) is 24.4 Å². The Labute approximate surface area is 113 Å². The molecule has 1 saturated heterocycles. The summed E-state index contributed by atoms with van der Waals surface area (Å²) in [5, 5.41) is 4.51. The molecule has 0 aliphatic carbocycles. The average molecular weight is 259 g/mol. The third-order valence-electron chi connectivity index (χ3n) is 3.96. The van der Waals surface area contributed by atoms with Gasteiger partial charge in [0.2, 0.25) is 0 Å². The number of nitrogens with two attached hydrogens (primary N) is 1. The van der Waals surface area contributed by atoms with Gasteiger partial charge in [-0.05, 0) is 44.9 Å². The predicted octanol–water partition coefficient (Wildman–Crippen LogP) is 1.58. The Morgan fingerprint density at radius 3 is 3.00 bits per heavy atom. The molecule has 1 atom stereocenters. The van der Waals surface area contributed by atoms with Crippen molar-refractivity contribution in [2.75, 3.05) is 18.8 Å². The van der Waals surface area contributed by atoms with Crippen LogP contribution in [0.4, 0.5) is 5.69 Å². The first-order valence-corrected chi connectivity index (χ1v) is 6.97. The summed E-state index contributed by atoms with van der Waals surface area (Å²) in [7, 11) is 0. The summed E-state index contributed by atoms with van der Waals surface area (Å²) < 4.78 is 1.78. The summed E-state index contributed by atoms with van der Waals surface area (Å²) in [6.07, 6.45) is 4.09. The first-order valence-electron chi connectivity index (χ1n) is 6.97. The number of aromatic nitrogens is 3. The van der Waals surface area contributed by atoms with E-state index in [4.69, 9.17) is 5.73 Å². The first-order chi connectivity index (χ1) is 9.13. The van der Waals surface area contributed by atoms with E-state index in [2.05, 4.69) is 28.8 Å². The van der Waals surface area contributed by atoms with E-state index in [9.17, 15) is 0 Å². The zero-order chi connectivity index (χ0) is 13.4. The highest BCUT2D eigenvalue weighted by molar-refractivity contribution is 5.63. The van der Waals surface area contributed by atoms with Gasteiger partial charge >= 0.3 is 0 Å². The Balaban J connectivity index is 1.74. The second-order valence-electron chi connectivity index (χ2n) is 5.71. The van der Waals surface area contributed by atoms with Crippen molar-refractivity contribution in [3.05, 3.63) is 24.2 Å². The summed E-state index contributed by atoms with van der Waals surface area (Å²) in [5.41, 5.74) is 7.37. The molecular weight excluding hydrogens is 238 g/mol. The molecule has 0 radical (unpaired) electrons. The van der Waals surface area contributed by atoms with Crippen molar-refractivity contribution in [1.29, 1.82) is 0 Å². The van der Waals surface area contributed by atoms with Crippen LogP contribution in [0.1, 0.15) is 26.1 Å². The molecule has 2 N–H and O–H groups in total. The van der Waals surface area contributed by atoms with Crippen LogP contribution in [0.15, 0.2) is 18.3 Å². The van der Waals surface area contributed by atoms with Crippen LogP contribution in [0.25, 0.3) is 5.65 Å². The molecule has 1 aliphatic heterocycles. The smallest absolute Gasteiger partial charge is 0.178 e. The van der Waals surface area contributed by atoms with Crippen molar-refractivity contribution in [3.63, 3.8) is 0 Å². The third kappa shape index (κ3) is 2.42. The Morgan fingerprint density at radius 1 is 1.47 bits per heavy atom. The Morgan fingerprint density at radius 2 is 2.32 bits per heavy atom. The molecule has 0 bridgehead atoms. The molecule has 1 unspecified atom stereocenters. The summed E-state index contributed by atoms with van der Waals surface area (Å²) in [6.45, 7) is 6.86. The molecule has 0 aromatic carbocycles. The van der Waals surface area contributed by atoms with Crippen molar-refractivity contribution in [3.8, 4) is 0 Å². The number of anilines is 1. The fraction of sp³-hybridized carbons (Fsp3) is 0.571. The average Bonchev–Trinajstić information content (AvgIpc) is 2.96. The second kappa shape index (κ2) is 4.81. The van der Waals surface area contributed by atoms with E-state index >= 15 is 0 Å². The van der Waals surface area contributed by atoms with Crippen LogP contribution in [0.3, 0.4) is 0 Å². The lowest BCUT2D eigenvalue weighted by Gasteiger charge is -2.19. The van der Waals surface area contributed by atoms with Crippen LogP contribution in [0.2, 0.25) is 0 Å². The lowest BCUT2D eigenvalue weighted by molar-refractivity contribution is 0.264. The van der Waals surface area contributed by atoms with Gasteiger partial charge in [-0.3, -0.25) is 0 Å². The number of pyridine rings is 1. The SMILES string of the molecule is CC(C)N1CCC(Cc2nc3c(N)cccn3n2)C1. The van der Waals surface area contributed by atoms with Crippen LogP contribution in [-0.4, -0.2) is 38.6 Å². The molecule has 102 valence electrons. The van der Waals surface area contributed by atoms with Crippen molar-refractivity contribution < 1.29 is 0 Å². The fourth-order valence-corrected chi connectivity index (χ4v) is 2.81.